The Morgan fingerprint density at radius 1 is 1.57 bits per heavy atom. The summed E-state index contributed by atoms with van der Waals surface area (Å²) in [6.45, 7) is 0. The first-order valence-electron chi connectivity index (χ1n) is 3.64. The smallest absolute Gasteiger partial charge is 0.279 e. The first kappa shape index (κ1) is 10.4. The molecule has 0 radical (unpaired) electrons. The average molecular weight is 203 g/mol. The van der Waals surface area contributed by atoms with Crippen molar-refractivity contribution < 1.29 is 18.3 Å². The van der Waals surface area contributed by atoms with Crippen LogP contribution in [0.1, 0.15) is 22.5 Å². The number of ether oxygens (including phenoxy) is 1. The predicted octanol–water partition coefficient (Wildman–Crippen LogP) is 1.13. The molecule has 4 nitrogen and oxygen atoms in total. The van der Waals surface area contributed by atoms with Gasteiger partial charge in [0.25, 0.3) is 6.43 Å². The quantitative estimate of drug-likeness (QED) is 0.749. The molecule has 0 fully saturated rings. The number of hydrogen-bond donors (Lipinski definition) is 1. The molecule has 1 aromatic heterocycles. The van der Waals surface area contributed by atoms with Crippen LogP contribution in [0.3, 0.4) is 0 Å². The normalized spacial score (nSPS) is 10.3. The molecular weight excluding hydrogens is 196 g/mol. The summed E-state index contributed by atoms with van der Waals surface area (Å²) in [6.07, 6.45) is -1.81. The standard InChI is InChI=1S/C8H7F2NO3/c1-14-5-2-11-6(8(9)10)4(3-12)7(5)13/h2-3,8H,1H3,(H,11,13). The van der Waals surface area contributed by atoms with E-state index >= 15 is 0 Å². The maximum atomic E-state index is 12.3. The molecule has 0 aromatic carbocycles. The van der Waals surface area contributed by atoms with E-state index in [1.54, 1.807) is 0 Å². The minimum Gasteiger partial charge on any atom is -0.491 e. The number of rotatable bonds is 3. The number of hydrogen-bond acceptors (Lipinski definition) is 3. The molecule has 0 aliphatic carbocycles. The summed E-state index contributed by atoms with van der Waals surface area (Å²) in [6, 6.07) is 0. The van der Waals surface area contributed by atoms with Gasteiger partial charge in [-0.25, -0.2) is 8.78 Å². The molecule has 0 spiro atoms. The van der Waals surface area contributed by atoms with Crippen LogP contribution < -0.4 is 10.2 Å². The molecule has 0 amide bonds. The molecule has 1 heterocycles. The maximum Gasteiger partial charge on any atom is 0.279 e. The fraction of sp³-hybridized carbons (Fsp3) is 0.250. The third-order valence-electron chi connectivity index (χ3n) is 1.67. The van der Waals surface area contributed by atoms with Gasteiger partial charge in [-0.3, -0.25) is 9.59 Å². The average Bonchev–Trinajstić information content (AvgIpc) is 2.17. The van der Waals surface area contributed by atoms with Crippen molar-refractivity contribution in [2.75, 3.05) is 7.11 Å². The van der Waals surface area contributed by atoms with Crippen LogP contribution in [0.4, 0.5) is 8.78 Å². The van der Waals surface area contributed by atoms with Crippen LogP contribution >= 0.6 is 0 Å². The number of aromatic amines is 1. The predicted molar refractivity (Wildman–Crippen MR) is 44.0 cm³/mol. The first-order chi connectivity index (χ1) is 6.61. The van der Waals surface area contributed by atoms with Crippen molar-refractivity contribution >= 4 is 6.29 Å². The number of carbonyl (C=O) groups is 1. The summed E-state index contributed by atoms with van der Waals surface area (Å²) in [5, 5.41) is 0. The van der Waals surface area contributed by atoms with Crippen LogP contribution in [-0.2, 0) is 0 Å². The molecule has 76 valence electrons. The second-order valence-corrected chi connectivity index (χ2v) is 2.43. The van der Waals surface area contributed by atoms with Crippen LogP contribution in [0.2, 0.25) is 0 Å². The van der Waals surface area contributed by atoms with E-state index in [9.17, 15) is 18.4 Å². The van der Waals surface area contributed by atoms with Crippen molar-refractivity contribution in [2.24, 2.45) is 0 Å². The zero-order valence-electron chi connectivity index (χ0n) is 7.21. The molecule has 1 N–H and O–H groups in total. The van der Waals surface area contributed by atoms with E-state index in [1.807, 2.05) is 0 Å². The summed E-state index contributed by atoms with van der Waals surface area (Å²) < 4.78 is 29.1. The van der Waals surface area contributed by atoms with Gasteiger partial charge in [0.05, 0.1) is 18.4 Å². The van der Waals surface area contributed by atoms with E-state index in [2.05, 4.69) is 9.72 Å². The van der Waals surface area contributed by atoms with Crippen LogP contribution in [0, 0.1) is 0 Å². The maximum absolute atomic E-state index is 12.3. The van der Waals surface area contributed by atoms with Crippen molar-refractivity contribution in [3.8, 4) is 5.75 Å². The van der Waals surface area contributed by atoms with E-state index in [1.165, 1.54) is 7.11 Å². The van der Waals surface area contributed by atoms with Gasteiger partial charge in [0.2, 0.25) is 5.43 Å². The Morgan fingerprint density at radius 3 is 2.64 bits per heavy atom. The highest BCUT2D eigenvalue weighted by Gasteiger charge is 2.18. The molecule has 0 aliphatic heterocycles. The third-order valence-corrected chi connectivity index (χ3v) is 1.67. The third kappa shape index (κ3) is 1.63. The zero-order chi connectivity index (χ0) is 10.7. The molecule has 14 heavy (non-hydrogen) atoms. The van der Waals surface area contributed by atoms with Crippen molar-refractivity contribution in [1.82, 2.24) is 4.98 Å². The number of carbonyl (C=O) groups excluding carboxylic acids is 1. The van der Waals surface area contributed by atoms with E-state index in [-0.39, 0.29) is 12.0 Å². The van der Waals surface area contributed by atoms with Gasteiger partial charge in [0.15, 0.2) is 12.0 Å². The number of H-pyrrole nitrogens is 1. The van der Waals surface area contributed by atoms with Gasteiger partial charge in [-0.15, -0.1) is 0 Å². The topological polar surface area (TPSA) is 59.2 Å². The molecular formula is C8H7F2NO3. The van der Waals surface area contributed by atoms with Crippen molar-refractivity contribution in [1.29, 1.82) is 0 Å². The van der Waals surface area contributed by atoms with Crippen LogP contribution in [-0.4, -0.2) is 18.4 Å². The number of halogens is 2. The van der Waals surface area contributed by atoms with Crippen molar-refractivity contribution in [3.05, 3.63) is 27.7 Å². The second kappa shape index (κ2) is 3.99. The molecule has 0 saturated heterocycles. The molecule has 0 unspecified atom stereocenters. The fourth-order valence-corrected chi connectivity index (χ4v) is 0.991. The van der Waals surface area contributed by atoms with Crippen molar-refractivity contribution in [2.45, 2.75) is 6.43 Å². The lowest BCUT2D eigenvalue weighted by molar-refractivity contribution is 0.110. The zero-order valence-corrected chi connectivity index (χ0v) is 7.21. The van der Waals surface area contributed by atoms with E-state index in [4.69, 9.17) is 0 Å². The van der Waals surface area contributed by atoms with Gasteiger partial charge in [-0.1, -0.05) is 0 Å². The summed E-state index contributed by atoms with van der Waals surface area (Å²) >= 11 is 0. The Hall–Kier alpha value is -1.72. The van der Waals surface area contributed by atoms with Crippen LogP contribution in [0.5, 0.6) is 5.75 Å². The van der Waals surface area contributed by atoms with E-state index in [0.717, 1.165) is 6.20 Å². The Kier molecular flexibility index (Phi) is 2.95. The SMILES string of the molecule is COc1c[nH]c(C(F)F)c(C=O)c1=O. The highest BCUT2D eigenvalue weighted by molar-refractivity contribution is 5.77. The molecule has 0 aliphatic rings. The van der Waals surface area contributed by atoms with Gasteiger partial charge in [-0.2, -0.15) is 0 Å². The van der Waals surface area contributed by atoms with Gasteiger partial charge >= 0.3 is 0 Å². The monoisotopic (exact) mass is 203 g/mol. The molecule has 1 aromatic rings. The first-order valence-corrected chi connectivity index (χ1v) is 3.64. The Labute approximate surface area is 77.5 Å². The van der Waals surface area contributed by atoms with Gasteiger partial charge in [-0.05, 0) is 0 Å². The molecule has 6 heteroatoms. The van der Waals surface area contributed by atoms with E-state index in [0.29, 0.717) is 0 Å². The Balaban J connectivity index is 3.44. The van der Waals surface area contributed by atoms with Crippen LogP contribution in [0.25, 0.3) is 0 Å². The highest BCUT2D eigenvalue weighted by atomic mass is 19.3. The number of aromatic nitrogens is 1. The van der Waals surface area contributed by atoms with Crippen LogP contribution in [0.15, 0.2) is 11.0 Å². The molecule has 0 saturated carbocycles. The number of methoxy groups -OCH3 is 1. The van der Waals surface area contributed by atoms with Crippen molar-refractivity contribution in [3.63, 3.8) is 0 Å². The van der Waals surface area contributed by atoms with Gasteiger partial charge in [0, 0.05) is 6.20 Å². The number of nitrogens with one attached hydrogen (secondary N) is 1. The Morgan fingerprint density at radius 2 is 2.21 bits per heavy atom. The summed E-state index contributed by atoms with van der Waals surface area (Å²) in [4.78, 5) is 23.8. The van der Waals surface area contributed by atoms with Gasteiger partial charge in [0.1, 0.15) is 0 Å². The number of pyridine rings is 1. The minimum atomic E-state index is -2.89. The lowest BCUT2D eigenvalue weighted by atomic mass is 10.2. The summed E-state index contributed by atoms with van der Waals surface area (Å²) in [5.74, 6) is -0.170. The Bertz CT molecular complexity index is 400. The van der Waals surface area contributed by atoms with E-state index < -0.39 is 23.1 Å². The lowest BCUT2D eigenvalue weighted by Gasteiger charge is -2.04. The number of aldehydes is 1. The summed E-state index contributed by atoms with van der Waals surface area (Å²) in [5.41, 5.74) is -2.12. The molecule has 0 bridgehead atoms. The van der Waals surface area contributed by atoms with Gasteiger partial charge < -0.3 is 9.72 Å². The largest absolute Gasteiger partial charge is 0.491 e. The molecule has 1 rings (SSSR count). The second-order valence-electron chi connectivity index (χ2n) is 2.43. The molecule has 0 atom stereocenters. The fourth-order valence-electron chi connectivity index (χ4n) is 0.991. The minimum absolute atomic E-state index is 0.0862. The summed E-state index contributed by atoms with van der Waals surface area (Å²) in [7, 11) is 1.21. The number of alkyl halides is 2. The highest BCUT2D eigenvalue weighted by Crippen LogP contribution is 2.18. The lowest BCUT2D eigenvalue weighted by Crippen LogP contribution is -2.15.